The van der Waals surface area contributed by atoms with E-state index in [0.717, 1.165) is 4.32 Å². The number of benzene rings is 1. The average Bonchev–Trinajstić information content (AvgIpc) is 3.02. The third-order valence-corrected chi connectivity index (χ3v) is 9.44. The van der Waals surface area contributed by atoms with Crippen LogP contribution in [-0.4, -0.2) is 87.8 Å². The van der Waals surface area contributed by atoms with Crippen LogP contribution in [-0.2, 0) is 14.4 Å². The smallest absolute Gasteiger partial charge is 0.327 e. The Labute approximate surface area is 212 Å². The van der Waals surface area contributed by atoms with Gasteiger partial charge in [0.2, 0.25) is 11.8 Å². The molecule has 3 aliphatic heterocycles. The lowest BCUT2D eigenvalue weighted by Gasteiger charge is -2.45. The van der Waals surface area contributed by atoms with Crippen molar-refractivity contribution in [3.8, 4) is 5.75 Å². The van der Waals surface area contributed by atoms with E-state index in [0.29, 0.717) is 18.1 Å². The molecule has 1 aromatic rings. The molecule has 0 aromatic heterocycles. The largest absolute Gasteiger partial charge is 0.508 e. The monoisotopic (exact) mass is 524 g/mol. The number of carbonyl (C=O) groups excluding carboxylic acids is 2. The number of rotatable bonds is 6. The topological polar surface area (TPSA) is 113 Å². The minimum absolute atomic E-state index is 0.0926. The highest BCUT2D eigenvalue weighted by Gasteiger charge is 2.64. The van der Waals surface area contributed by atoms with Gasteiger partial charge in [0.1, 0.15) is 33.6 Å². The number of aliphatic carboxylic acids is 1. The standard InChI is InChI=1S/C22H28N4O5S3/c1-11(2)25-9-24(10-33-21(25)32)15(12-5-7-13(27)8-6-12)17(28)23-14-18(29)26-16(20(30)31)22(3,4)34-19(14)26/h5-8,11,14-16,19,27H,9-10H2,1-4H3,(H,23,28)(H,30,31)/t14-,15?,16?,19?/m1/s1. The Morgan fingerprint density at radius 1 is 1.24 bits per heavy atom. The van der Waals surface area contributed by atoms with Crippen molar-refractivity contribution in [1.82, 2.24) is 20.0 Å². The minimum Gasteiger partial charge on any atom is -0.508 e. The predicted octanol–water partition coefficient (Wildman–Crippen LogP) is 2.02. The van der Waals surface area contributed by atoms with E-state index in [2.05, 4.69) is 5.32 Å². The Kier molecular flexibility index (Phi) is 6.80. The normalized spacial score (nSPS) is 27.4. The Hall–Kier alpha value is -2.02. The summed E-state index contributed by atoms with van der Waals surface area (Å²) in [6.07, 6.45) is 0. The fourth-order valence-corrected chi connectivity index (χ4v) is 7.60. The van der Waals surface area contributed by atoms with Gasteiger partial charge < -0.3 is 25.3 Å². The first kappa shape index (κ1) is 25.1. The molecule has 0 bridgehead atoms. The predicted molar refractivity (Wildman–Crippen MR) is 135 cm³/mol. The van der Waals surface area contributed by atoms with Crippen LogP contribution >= 0.6 is 35.7 Å². The van der Waals surface area contributed by atoms with Crippen LogP contribution in [0.4, 0.5) is 0 Å². The summed E-state index contributed by atoms with van der Waals surface area (Å²) in [6.45, 7) is 8.11. The molecule has 3 fully saturated rings. The van der Waals surface area contributed by atoms with Crippen molar-refractivity contribution in [3.63, 3.8) is 0 Å². The van der Waals surface area contributed by atoms with E-state index in [9.17, 15) is 24.6 Å². The quantitative estimate of drug-likeness (QED) is 0.377. The van der Waals surface area contributed by atoms with Gasteiger partial charge in [0.25, 0.3) is 0 Å². The number of phenolic OH excluding ortho intramolecular Hbond substituents is 1. The van der Waals surface area contributed by atoms with Gasteiger partial charge in [-0.15, -0.1) is 11.8 Å². The molecule has 9 nitrogen and oxygen atoms in total. The van der Waals surface area contributed by atoms with Crippen molar-refractivity contribution in [2.45, 2.75) is 62.0 Å². The van der Waals surface area contributed by atoms with Crippen molar-refractivity contribution in [2.75, 3.05) is 12.5 Å². The number of thiocarbonyl (C=S) groups is 1. The number of carboxylic acids is 1. The van der Waals surface area contributed by atoms with E-state index in [1.807, 2.05) is 23.6 Å². The summed E-state index contributed by atoms with van der Waals surface area (Å²) in [5, 5.41) is 21.8. The molecule has 3 unspecified atom stereocenters. The lowest BCUT2D eigenvalue weighted by atomic mass is 9.95. The zero-order valence-electron chi connectivity index (χ0n) is 19.3. The van der Waals surface area contributed by atoms with E-state index < -0.39 is 34.2 Å². The second-order valence-electron chi connectivity index (χ2n) is 9.41. The first-order valence-electron chi connectivity index (χ1n) is 10.9. The highest BCUT2D eigenvalue weighted by atomic mass is 32.2. The number of fused-ring (bicyclic) bond motifs is 1. The molecule has 4 atom stereocenters. The Bertz CT molecular complexity index is 1020. The summed E-state index contributed by atoms with van der Waals surface area (Å²) < 4.78 is 0.101. The molecule has 2 amide bonds. The molecule has 3 heterocycles. The van der Waals surface area contributed by atoms with Gasteiger partial charge >= 0.3 is 5.97 Å². The third kappa shape index (κ3) is 4.36. The Balaban J connectivity index is 1.57. The Morgan fingerprint density at radius 3 is 2.47 bits per heavy atom. The number of amides is 2. The summed E-state index contributed by atoms with van der Waals surface area (Å²) in [5.41, 5.74) is 0.680. The van der Waals surface area contributed by atoms with E-state index in [-0.39, 0.29) is 23.6 Å². The summed E-state index contributed by atoms with van der Waals surface area (Å²) in [4.78, 5) is 43.7. The molecule has 12 heteroatoms. The highest BCUT2D eigenvalue weighted by Crippen LogP contribution is 2.51. The number of thioether (sulfide) groups is 2. The molecule has 3 saturated heterocycles. The van der Waals surface area contributed by atoms with Gasteiger partial charge in [-0.1, -0.05) is 36.1 Å². The van der Waals surface area contributed by atoms with Crippen LogP contribution in [0.15, 0.2) is 24.3 Å². The third-order valence-electron chi connectivity index (χ3n) is 6.34. The van der Waals surface area contributed by atoms with Gasteiger partial charge in [-0.05, 0) is 45.4 Å². The Morgan fingerprint density at radius 2 is 1.88 bits per heavy atom. The van der Waals surface area contributed by atoms with Gasteiger partial charge in [-0.2, -0.15) is 0 Å². The van der Waals surface area contributed by atoms with Crippen molar-refractivity contribution >= 4 is 57.8 Å². The fourth-order valence-electron chi connectivity index (χ4n) is 4.61. The van der Waals surface area contributed by atoms with Gasteiger partial charge in [0, 0.05) is 10.8 Å². The van der Waals surface area contributed by atoms with Crippen LogP contribution in [0.25, 0.3) is 0 Å². The van der Waals surface area contributed by atoms with Crippen LogP contribution in [0.1, 0.15) is 39.3 Å². The second kappa shape index (κ2) is 9.21. The number of nitrogens with one attached hydrogen (secondary N) is 1. The van der Waals surface area contributed by atoms with E-state index >= 15 is 0 Å². The summed E-state index contributed by atoms with van der Waals surface area (Å²) >= 11 is 8.35. The second-order valence-corrected chi connectivity index (χ2v) is 12.8. The number of hydrogen-bond acceptors (Lipinski definition) is 8. The van der Waals surface area contributed by atoms with Crippen molar-refractivity contribution in [2.24, 2.45) is 0 Å². The van der Waals surface area contributed by atoms with Crippen molar-refractivity contribution in [1.29, 1.82) is 0 Å². The lowest BCUT2D eigenvalue weighted by Crippen LogP contribution is -2.71. The highest BCUT2D eigenvalue weighted by molar-refractivity contribution is 8.22. The number of nitrogens with zero attached hydrogens (tertiary/aromatic N) is 3. The maximum Gasteiger partial charge on any atom is 0.327 e. The van der Waals surface area contributed by atoms with E-state index in [1.165, 1.54) is 40.6 Å². The number of hydrogen-bond donors (Lipinski definition) is 3. The fraction of sp³-hybridized carbons (Fsp3) is 0.545. The summed E-state index contributed by atoms with van der Waals surface area (Å²) in [5.74, 6) is -1.19. The number of phenols is 1. The van der Waals surface area contributed by atoms with Gasteiger partial charge in [-0.3, -0.25) is 14.5 Å². The number of carbonyl (C=O) groups is 3. The molecule has 4 rings (SSSR count). The van der Waals surface area contributed by atoms with Crippen LogP contribution in [0, 0.1) is 0 Å². The summed E-state index contributed by atoms with van der Waals surface area (Å²) in [7, 11) is 0. The molecular weight excluding hydrogens is 496 g/mol. The zero-order chi connectivity index (χ0) is 24.9. The van der Waals surface area contributed by atoms with E-state index in [1.54, 1.807) is 26.0 Å². The number of β-lactam (4-membered cyclic amide) rings is 1. The molecule has 34 heavy (non-hydrogen) atoms. The van der Waals surface area contributed by atoms with Crippen molar-refractivity contribution in [3.05, 3.63) is 29.8 Å². The number of carboxylic acid groups (broad SMARTS) is 1. The summed E-state index contributed by atoms with van der Waals surface area (Å²) in [6, 6.07) is 4.16. The molecule has 0 aliphatic carbocycles. The van der Waals surface area contributed by atoms with Crippen molar-refractivity contribution < 1.29 is 24.6 Å². The first-order chi connectivity index (χ1) is 15.9. The molecular formula is C22H28N4O5S3. The van der Waals surface area contributed by atoms with Crippen LogP contribution in [0.3, 0.4) is 0 Å². The molecule has 184 valence electrons. The molecule has 0 saturated carbocycles. The molecule has 3 aliphatic rings. The maximum absolute atomic E-state index is 13.6. The lowest BCUT2D eigenvalue weighted by molar-refractivity contribution is -0.161. The number of aromatic hydroxyl groups is 1. The molecule has 1 aromatic carbocycles. The molecule has 0 spiro atoms. The SMILES string of the molecule is CC(C)N1CN(C(C(=O)N[C@@H]2C(=O)N3C2SC(C)(C)C3C(=O)O)c2ccc(O)cc2)CSC1=S. The van der Waals surface area contributed by atoms with Gasteiger partial charge in [0.15, 0.2) is 0 Å². The first-order valence-corrected chi connectivity index (χ1v) is 13.2. The molecule has 3 N–H and O–H groups in total. The average molecular weight is 525 g/mol. The maximum atomic E-state index is 13.6. The van der Waals surface area contributed by atoms with Crippen LogP contribution in [0.5, 0.6) is 5.75 Å². The van der Waals surface area contributed by atoms with Crippen LogP contribution in [0.2, 0.25) is 0 Å². The van der Waals surface area contributed by atoms with E-state index in [4.69, 9.17) is 12.2 Å². The molecule has 0 radical (unpaired) electrons. The van der Waals surface area contributed by atoms with Gasteiger partial charge in [-0.25, -0.2) is 4.79 Å². The van der Waals surface area contributed by atoms with Crippen LogP contribution < -0.4 is 5.32 Å². The zero-order valence-corrected chi connectivity index (χ0v) is 21.7. The van der Waals surface area contributed by atoms with Gasteiger partial charge in [0.05, 0.1) is 12.5 Å². The minimum atomic E-state index is -1.05.